The minimum absolute atomic E-state index is 0.133. The third-order valence-electron chi connectivity index (χ3n) is 4.74. The van der Waals surface area contributed by atoms with Gasteiger partial charge in [-0.2, -0.15) is 13.2 Å². The third kappa shape index (κ3) is 6.58. The number of benzene rings is 2. The SMILES string of the molecule is O=C(/C=C/c1cc(C(F)(F)F)ccc1Cl)NCc1ccc(CN2CCOCC2)cc1. The standard InChI is InChI=1S/C22H22ClF3N2O2/c23-20-7-6-19(22(24,25)26)13-18(20)5-8-21(29)27-14-16-1-3-17(4-2-16)15-28-9-11-30-12-10-28/h1-8,13H,9-12,14-15H2,(H,27,29)/b8-5+. The molecule has 1 N–H and O–H groups in total. The molecule has 0 spiro atoms. The normalized spacial score (nSPS) is 15.5. The van der Waals surface area contributed by atoms with Gasteiger partial charge in [0.25, 0.3) is 0 Å². The molecule has 2 aromatic carbocycles. The van der Waals surface area contributed by atoms with Crippen LogP contribution in [0.4, 0.5) is 13.2 Å². The molecule has 1 saturated heterocycles. The Kier molecular flexibility index (Phi) is 7.53. The van der Waals surface area contributed by atoms with Gasteiger partial charge < -0.3 is 10.1 Å². The second-order valence-corrected chi connectivity index (χ2v) is 7.40. The highest BCUT2D eigenvalue weighted by Crippen LogP contribution is 2.32. The Hall–Kier alpha value is -2.35. The molecule has 0 aliphatic carbocycles. The molecule has 3 rings (SSSR count). The third-order valence-corrected chi connectivity index (χ3v) is 5.08. The zero-order valence-electron chi connectivity index (χ0n) is 16.2. The first-order valence-electron chi connectivity index (χ1n) is 9.52. The average molecular weight is 439 g/mol. The monoisotopic (exact) mass is 438 g/mol. The molecule has 0 saturated carbocycles. The Morgan fingerprint density at radius 2 is 1.77 bits per heavy atom. The number of ether oxygens (including phenoxy) is 1. The van der Waals surface area contributed by atoms with Crippen molar-refractivity contribution in [3.8, 4) is 0 Å². The first-order chi connectivity index (χ1) is 14.3. The Bertz CT molecular complexity index is 892. The van der Waals surface area contributed by atoms with Crippen LogP contribution in [-0.4, -0.2) is 37.1 Å². The molecule has 0 bridgehead atoms. The maximum Gasteiger partial charge on any atom is 0.416 e. The summed E-state index contributed by atoms with van der Waals surface area (Å²) in [6, 6.07) is 10.9. The lowest BCUT2D eigenvalue weighted by Gasteiger charge is -2.26. The second kappa shape index (κ2) is 10.1. The summed E-state index contributed by atoms with van der Waals surface area (Å²) in [7, 11) is 0. The topological polar surface area (TPSA) is 41.6 Å². The summed E-state index contributed by atoms with van der Waals surface area (Å²) in [5, 5.41) is 2.86. The fraction of sp³-hybridized carbons (Fsp3) is 0.318. The number of hydrogen-bond donors (Lipinski definition) is 1. The van der Waals surface area contributed by atoms with Crippen molar-refractivity contribution in [2.24, 2.45) is 0 Å². The van der Waals surface area contributed by atoms with Gasteiger partial charge in [-0.15, -0.1) is 0 Å². The molecule has 1 heterocycles. The first kappa shape index (κ1) is 22.3. The summed E-state index contributed by atoms with van der Waals surface area (Å²) in [5.74, 6) is -0.416. The van der Waals surface area contributed by atoms with Crippen LogP contribution in [0.25, 0.3) is 6.08 Å². The van der Waals surface area contributed by atoms with Crippen molar-refractivity contribution in [3.63, 3.8) is 0 Å². The summed E-state index contributed by atoms with van der Waals surface area (Å²) in [6.07, 6.45) is -2.02. The largest absolute Gasteiger partial charge is 0.416 e. The molecule has 1 amide bonds. The highest BCUT2D eigenvalue weighted by molar-refractivity contribution is 6.32. The van der Waals surface area contributed by atoms with Gasteiger partial charge in [0, 0.05) is 37.3 Å². The number of nitrogens with one attached hydrogen (secondary N) is 1. The summed E-state index contributed by atoms with van der Waals surface area (Å²) in [4.78, 5) is 14.4. The molecular formula is C22H22ClF3N2O2. The van der Waals surface area contributed by atoms with Crippen LogP contribution in [0.5, 0.6) is 0 Å². The first-order valence-corrected chi connectivity index (χ1v) is 9.89. The minimum atomic E-state index is -4.47. The van der Waals surface area contributed by atoms with Crippen molar-refractivity contribution in [1.82, 2.24) is 10.2 Å². The molecule has 8 heteroatoms. The number of morpholine rings is 1. The van der Waals surface area contributed by atoms with E-state index in [9.17, 15) is 18.0 Å². The second-order valence-electron chi connectivity index (χ2n) is 6.99. The lowest BCUT2D eigenvalue weighted by atomic mass is 10.1. The maximum absolute atomic E-state index is 12.8. The molecule has 0 radical (unpaired) electrons. The van der Waals surface area contributed by atoms with E-state index in [-0.39, 0.29) is 10.6 Å². The summed E-state index contributed by atoms with van der Waals surface area (Å²) in [6.45, 7) is 4.51. The van der Waals surface area contributed by atoms with Crippen molar-refractivity contribution in [1.29, 1.82) is 0 Å². The van der Waals surface area contributed by atoms with Crippen molar-refractivity contribution in [3.05, 3.63) is 75.8 Å². The van der Waals surface area contributed by atoms with Crippen molar-refractivity contribution in [2.75, 3.05) is 26.3 Å². The molecule has 1 aliphatic heterocycles. The number of hydrogen-bond acceptors (Lipinski definition) is 3. The van der Waals surface area contributed by atoms with E-state index >= 15 is 0 Å². The minimum Gasteiger partial charge on any atom is -0.379 e. The molecule has 2 aromatic rings. The molecule has 4 nitrogen and oxygen atoms in total. The van der Waals surface area contributed by atoms with E-state index in [0.717, 1.165) is 50.5 Å². The molecule has 1 fully saturated rings. The lowest BCUT2D eigenvalue weighted by molar-refractivity contribution is -0.137. The molecule has 30 heavy (non-hydrogen) atoms. The van der Waals surface area contributed by atoms with Crippen molar-refractivity contribution >= 4 is 23.6 Å². The molecule has 0 unspecified atom stereocenters. The van der Waals surface area contributed by atoms with Gasteiger partial charge >= 0.3 is 6.18 Å². The molecule has 0 atom stereocenters. The highest BCUT2D eigenvalue weighted by atomic mass is 35.5. The molecule has 160 valence electrons. The van der Waals surface area contributed by atoms with Gasteiger partial charge in [0.1, 0.15) is 0 Å². The summed E-state index contributed by atoms with van der Waals surface area (Å²) < 4.78 is 43.8. The van der Waals surface area contributed by atoms with Gasteiger partial charge in [0.15, 0.2) is 0 Å². The smallest absolute Gasteiger partial charge is 0.379 e. The van der Waals surface area contributed by atoms with Gasteiger partial charge in [-0.25, -0.2) is 0 Å². The zero-order chi connectivity index (χ0) is 21.6. The van der Waals surface area contributed by atoms with E-state index < -0.39 is 17.6 Å². The number of alkyl halides is 3. The van der Waals surface area contributed by atoms with Gasteiger partial charge in [0.05, 0.1) is 18.8 Å². The summed E-state index contributed by atoms with van der Waals surface area (Å²) >= 11 is 5.93. The van der Waals surface area contributed by atoms with Crippen LogP contribution in [0.2, 0.25) is 5.02 Å². The lowest BCUT2D eigenvalue weighted by Crippen LogP contribution is -2.35. The molecule has 0 aromatic heterocycles. The van der Waals surface area contributed by atoms with Crippen LogP contribution < -0.4 is 5.32 Å². The Labute approximate surface area is 178 Å². The Balaban J connectivity index is 1.52. The van der Waals surface area contributed by atoms with Crippen LogP contribution in [-0.2, 0) is 28.8 Å². The van der Waals surface area contributed by atoms with Crippen molar-refractivity contribution < 1.29 is 22.7 Å². The maximum atomic E-state index is 12.8. The Morgan fingerprint density at radius 1 is 1.10 bits per heavy atom. The fourth-order valence-corrected chi connectivity index (χ4v) is 3.22. The van der Waals surface area contributed by atoms with E-state index in [1.165, 1.54) is 23.8 Å². The van der Waals surface area contributed by atoms with Gasteiger partial charge in [-0.1, -0.05) is 35.9 Å². The highest BCUT2D eigenvalue weighted by Gasteiger charge is 2.30. The quantitative estimate of drug-likeness (QED) is 0.674. The van der Waals surface area contributed by atoms with Gasteiger partial charge in [0.2, 0.25) is 5.91 Å². The van der Waals surface area contributed by atoms with Crippen LogP contribution in [0.3, 0.4) is 0 Å². The average Bonchev–Trinajstić information content (AvgIpc) is 2.72. The number of rotatable bonds is 6. The van der Waals surface area contributed by atoms with Gasteiger partial charge in [-0.05, 0) is 41.0 Å². The van der Waals surface area contributed by atoms with Crippen LogP contribution in [0.15, 0.2) is 48.5 Å². The number of amides is 1. The number of carbonyl (C=O) groups is 1. The van der Waals surface area contributed by atoms with E-state index in [1.54, 1.807) is 0 Å². The number of carbonyl (C=O) groups excluding carboxylic acids is 1. The molecular weight excluding hydrogens is 417 g/mol. The Morgan fingerprint density at radius 3 is 2.43 bits per heavy atom. The van der Waals surface area contributed by atoms with Crippen LogP contribution in [0, 0.1) is 0 Å². The van der Waals surface area contributed by atoms with E-state index in [0.29, 0.717) is 6.54 Å². The fourth-order valence-electron chi connectivity index (χ4n) is 3.04. The van der Waals surface area contributed by atoms with E-state index in [4.69, 9.17) is 16.3 Å². The van der Waals surface area contributed by atoms with E-state index in [2.05, 4.69) is 10.2 Å². The number of nitrogens with zero attached hydrogens (tertiary/aromatic N) is 1. The molecule has 1 aliphatic rings. The predicted octanol–water partition coefficient (Wildman–Crippen LogP) is 4.52. The van der Waals surface area contributed by atoms with Crippen molar-refractivity contribution in [2.45, 2.75) is 19.3 Å². The predicted molar refractivity (Wildman–Crippen MR) is 110 cm³/mol. The van der Waals surface area contributed by atoms with Crippen LogP contribution >= 0.6 is 11.6 Å². The number of halogens is 4. The zero-order valence-corrected chi connectivity index (χ0v) is 17.0. The van der Waals surface area contributed by atoms with Crippen LogP contribution in [0.1, 0.15) is 22.3 Å². The summed E-state index contributed by atoms with van der Waals surface area (Å²) in [5.41, 5.74) is 1.43. The van der Waals surface area contributed by atoms with E-state index in [1.807, 2.05) is 24.3 Å². The van der Waals surface area contributed by atoms with Gasteiger partial charge in [-0.3, -0.25) is 9.69 Å².